The summed E-state index contributed by atoms with van der Waals surface area (Å²) >= 11 is 0. The maximum atomic E-state index is 13.7. The van der Waals surface area contributed by atoms with Gasteiger partial charge in [-0.3, -0.25) is 29.6 Å². The summed E-state index contributed by atoms with van der Waals surface area (Å²) in [5, 5.41) is 13.7. The number of benzene rings is 2. The summed E-state index contributed by atoms with van der Waals surface area (Å²) in [5.74, 6) is -3.52. The van der Waals surface area contributed by atoms with E-state index in [4.69, 9.17) is 0 Å². The highest BCUT2D eigenvalue weighted by Gasteiger charge is 2.39. The van der Waals surface area contributed by atoms with Crippen molar-refractivity contribution in [3.63, 3.8) is 0 Å². The number of nitro benzene ring substituents is 1. The number of halogens is 2. The zero-order valence-electron chi connectivity index (χ0n) is 16.3. The lowest BCUT2D eigenvalue weighted by atomic mass is 10.0. The molecular weight excluding hydrogens is 422 g/mol. The summed E-state index contributed by atoms with van der Waals surface area (Å²) in [6, 6.07) is 11.4. The van der Waals surface area contributed by atoms with Gasteiger partial charge < -0.3 is 5.32 Å². The number of nitrogens with one attached hydrogen (secondary N) is 1. The van der Waals surface area contributed by atoms with Crippen LogP contribution in [0.3, 0.4) is 0 Å². The summed E-state index contributed by atoms with van der Waals surface area (Å²) in [7, 11) is 0. The molecule has 0 atom stereocenters. The third-order valence-corrected chi connectivity index (χ3v) is 4.79. The van der Waals surface area contributed by atoms with Crippen LogP contribution in [0.5, 0.6) is 0 Å². The molecule has 0 aliphatic carbocycles. The van der Waals surface area contributed by atoms with Gasteiger partial charge in [0.1, 0.15) is 5.70 Å². The standard InChI is InChI=1S/C22H14F2N4O4/c23-17-8-5-15(10-18(17)24)26-20-19(14-3-6-16(7-4-14)28(31)32)21(29)27(22(20)30)12-13-2-1-9-25-11-13/h1-11,26H,12H2. The number of aromatic nitrogens is 1. The fourth-order valence-corrected chi connectivity index (χ4v) is 3.25. The first kappa shape index (κ1) is 20.8. The molecule has 0 saturated carbocycles. The first-order valence-corrected chi connectivity index (χ1v) is 9.31. The number of carbonyl (C=O) groups is 2. The van der Waals surface area contributed by atoms with E-state index >= 15 is 0 Å². The zero-order valence-corrected chi connectivity index (χ0v) is 16.3. The molecule has 2 amide bonds. The van der Waals surface area contributed by atoms with Gasteiger partial charge in [-0.15, -0.1) is 0 Å². The topological polar surface area (TPSA) is 105 Å². The molecule has 0 unspecified atom stereocenters. The highest BCUT2D eigenvalue weighted by molar-refractivity contribution is 6.36. The molecule has 10 heteroatoms. The zero-order chi connectivity index (χ0) is 22.8. The number of hydrogen-bond acceptors (Lipinski definition) is 6. The van der Waals surface area contributed by atoms with Crippen molar-refractivity contribution in [3.8, 4) is 0 Å². The monoisotopic (exact) mass is 436 g/mol. The number of amides is 2. The Kier molecular flexibility index (Phi) is 5.42. The molecule has 32 heavy (non-hydrogen) atoms. The summed E-state index contributed by atoms with van der Waals surface area (Å²) in [6.07, 6.45) is 3.06. The van der Waals surface area contributed by atoms with E-state index in [9.17, 15) is 28.5 Å². The van der Waals surface area contributed by atoms with E-state index < -0.39 is 28.4 Å². The lowest BCUT2D eigenvalue weighted by Crippen LogP contribution is -2.32. The maximum Gasteiger partial charge on any atom is 0.278 e. The van der Waals surface area contributed by atoms with Crippen molar-refractivity contribution in [3.05, 3.63) is 106 Å². The van der Waals surface area contributed by atoms with Gasteiger partial charge in [0.05, 0.1) is 17.0 Å². The Morgan fingerprint density at radius 1 is 1.00 bits per heavy atom. The highest BCUT2D eigenvalue weighted by atomic mass is 19.2. The number of imide groups is 1. The summed E-state index contributed by atoms with van der Waals surface area (Å²) in [4.78, 5) is 41.6. The highest BCUT2D eigenvalue weighted by Crippen LogP contribution is 2.32. The number of rotatable bonds is 6. The predicted octanol–water partition coefficient (Wildman–Crippen LogP) is 3.66. The van der Waals surface area contributed by atoms with Gasteiger partial charge in [0.25, 0.3) is 17.5 Å². The van der Waals surface area contributed by atoms with Crippen LogP contribution >= 0.6 is 0 Å². The Hall–Kier alpha value is -4.47. The lowest BCUT2D eigenvalue weighted by Gasteiger charge is -2.15. The Balaban J connectivity index is 1.76. The van der Waals surface area contributed by atoms with E-state index in [1.54, 1.807) is 18.3 Å². The smallest absolute Gasteiger partial charge is 0.278 e. The van der Waals surface area contributed by atoms with Gasteiger partial charge in [0.15, 0.2) is 11.6 Å². The maximum absolute atomic E-state index is 13.7. The van der Waals surface area contributed by atoms with Crippen LogP contribution in [0.25, 0.3) is 5.57 Å². The molecule has 0 radical (unpaired) electrons. The normalized spacial score (nSPS) is 13.6. The first-order chi connectivity index (χ1) is 15.3. The second-order valence-corrected chi connectivity index (χ2v) is 6.87. The number of anilines is 1. The van der Waals surface area contributed by atoms with Crippen LogP contribution in [0.4, 0.5) is 20.2 Å². The number of hydrogen-bond donors (Lipinski definition) is 1. The molecule has 2 heterocycles. The van der Waals surface area contributed by atoms with E-state index in [1.807, 2.05) is 0 Å². The van der Waals surface area contributed by atoms with Crippen LogP contribution in [0.2, 0.25) is 0 Å². The van der Waals surface area contributed by atoms with Gasteiger partial charge in [-0.05, 0) is 41.5 Å². The minimum atomic E-state index is -1.13. The van der Waals surface area contributed by atoms with Crippen LogP contribution in [0.15, 0.2) is 72.7 Å². The van der Waals surface area contributed by atoms with Gasteiger partial charge in [0, 0.05) is 36.3 Å². The average molecular weight is 436 g/mol. The molecule has 1 aliphatic rings. The summed E-state index contributed by atoms with van der Waals surface area (Å²) < 4.78 is 27.0. The number of non-ortho nitro benzene ring substituents is 1. The number of carbonyl (C=O) groups excluding carboxylic acids is 2. The van der Waals surface area contributed by atoms with Gasteiger partial charge in [-0.2, -0.15) is 0 Å². The molecule has 0 bridgehead atoms. The fourth-order valence-electron chi connectivity index (χ4n) is 3.25. The molecule has 4 rings (SSSR count). The van der Waals surface area contributed by atoms with Gasteiger partial charge >= 0.3 is 0 Å². The second kappa shape index (κ2) is 8.34. The van der Waals surface area contributed by atoms with E-state index in [-0.39, 0.29) is 34.8 Å². The van der Waals surface area contributed by atoms with Crippen molar-refractivity contribution in [2.45, 2.75) is 6.54 Å². The molecule has 8 nitrogen and oxygen atoms in total. The van der Waals surface area contributed by atoms with Crippen molar-refractivity contribution in [1.29, 1.82) is 0 Å². The molecule has 1 N–H and O–H groups in total. The number of nitrogens with zero attached hydrogens (tertiary/aromatic N) is 3. The van der Waals surface area contributed by atoms with E-state index in [0.29, 0.717) is 5.56 Å². The molecule has 3 aromatic rings. The second-order valence-electron chi connectivity index (χ2n) is 6.87. The molecule has 1 aliphatic heterocycles. The van der Waals surface area contributed by atoms with E-state index in [0.717, 1.165) is 17.0 Å². The van der Waals surface area contributed by atoms with Crippen molar-refractivity contribution < 1.29 is 23.3 Å². The first-order valence-electron chi connectivity index (χ1n) is 9.31. The van der Waals surface area contributed by atoms with Crippen LogP contribution in [0, 0.1) is 21.7 Å². The quantitative estimate of drug-likeness (QED) is 0.359. The number of nitro groups is 1. The summed E-state index contributed by atoms with van der Waals surface area (Å²) in [6.45, 7) is -0.0645. The summed E-state index contributed by atoms with van der Waals surface area (Å²) in [5.41, 5.74) is 0.535. The largest absolute Gasteiger partial charge is 0.350 e. The third-order valence-electron chi connectivity index (χ3n) is 4.79. The fraction of sp³-hybridized carbons (Fsp3) is 0.0455. The van der Waals surface area contributed by atoms with Crippen LogP contribution < -0.4 is 5.32 Å². The van der Waals surface area contributed by atoms with Crippen molar-refractivity contribution in [2.75, 3.05) is 5.32 Å². The molecule has 1 aromatic heterocycles. The van der Waals surface area contributed by atoms with Crippen molar-refractivity contribution in [2.24, 2.45) is 0 Å². The van der Waals surface area contributed by atoms with Crippen molar-refractivity contribution >= 4 is 28.8 Å². The minimum absolute atomic E-state index is 0.0430. The Labute approximate surface area is 180 Å². The molecule has 2 aromatic carbocycles. The van der Waals surface area contributed by atoms with Crippen molar-refractivity contribution in [1.82, 2.24) is 9.88 Å². The molecule has 0 saturated heterocycles. The SMILES string of the molecule is O=C1C(Nc2ccc(F)c(F)c2)=C(c2ccc([N+](=O)[O-])cc2)C(=O)N1Cc1cccnc1. The minimum Gasteiger partial charge on any atom is -0.350 e. The van der Waals surface area contributed by atoms with Gasteiger partial charge in [0.2, 0.25) is 0 Å². The van der Waals surface area contributed by atoms with Crippen LogP contribution in [-0.4, -0.2) is 26.6 Å². The Bertz CT molecular complexity index is 1260. The average Bonchev–Trinajstić information content (AvgIpc) is 3.01. The molecule has 160 valence electrons. The van der Waals surface area contributed by atoms with Gasteiger partial charge in [-0.1, -0.05) is 6.07 Å². The van der Waals surface area contributed by atoms with Crippen LogP contribution in [-0.2, 0) is 16.1 Å². The Morgan fingerprint density at radius 3 is 2.38 bits per heavy atom. The number of pyridine rings is 1. The van der Waals surface area contributed by atoms with Crippen LogP contribution in [0.1, 0.15) is 11.1 Å². The van der Waals surface area contributed by atoms with E-state index in [2.05, 4.69) is 10.3 Å². The van der Waals surface area contributed by atoms with E-state index in [1.165, 1.54) is 36.5 Å². The third kappa shape index (κ3) is 3.93. The molecule has 0 spiro atoms. The molecular formula is C22H14F2N4O4. The molecule has 0 fully saturated rings. The predicted molar refractivity (Wildman–Crippen MR) is 110 cm³/mol. The lowest BCUT2D eigenvalue weighted by molar-refractivity contribution is -0.384. The van der Waals surface area contributed by atoms with Gasteiger partial charge in [-0.25, -0.2) is 8.78 Å². The Morgan fingerprint density at radius 2 is 1.75 bits per heavy atom.